The minimum Gasteiger partial charge on any atom is -0.347 e. The number of aromatic nitrogens is 1. The third kappa shape index (κ3) is 2.85. The predicted octanol–water partition coefficient (Wildman–Crippen LogP) is 5.83. The molecular formula is C23H21NO. The Morgan fingerprint density at radius 3 is 2.52 bits per heavy atom. The molecular weight excluding hydrogens is 306 g/mol. The molecule has 2 heteroatoms. The Labute approximate surface area is 147 Å². The van der Waals surface area contributed by atoms with E-state index in [9.17, 15) is 4.79 Å². The van der Waals surface area contributed by atoms with Crippen LogP contribution in [0.5, 0.6) is 0 Å². The molecule has 0 amide bonds. The Balaban J connectivity index is 1.81. The molecule has 3 aromatic carbocycles. The number of ketones is 1. The Bertz CT molecular complexity index is 1060. The van der Waals surface area contributed by atoms with Crippen LogP contribution >= 0.6 is 0 Å². The topological polar surface area (TPSA) is 22.0 Å². The van der Waals surface area contributed by atoms with E-state index in [0.717, 1.165) is 52.2 Å². The van der Waals surface area contributed by atoms with Crippen LogP contribution < -0.4 is 0 Å². The SMILES string of the molecule is CCCCn1cc(C(=O)c2ccc3ccccc3c2)c2ccccc21. The van der Waals surface area contributed by atoms with Crippen molar-refractivity contribution in [3.05, 3.63) is 84.1 Å². The van der Waals surface area contributed by atoms with Crippen molar-refractivity contribution in [2.24, 2.45) is 0 Å². The van der Waals surface area contributed by atoms with E-state index in [1.807, 2.05) is 54.7 Å². The number of aryl methyl sites for hydroxylation is 1. The summed E-state index contributed by atoms with van der Waals surface area (Å²) < 4.78 is 2.22. The molecule has 0 saturated heterocycles. The number of unbranched alkanes of at least 4 members (excludes halogenated alkanes) is 1. The van der Waals surface area contributed by atoms with Gasteiger partial charge >= 0.3 is 0 Å². The van der Waals surface area contributed by atoms with Crippen molar-refractivity contribution in [2.75, 3.05) is 0 Å². The fraction of sp³-hybridized carbons (Fsp3) is 0.174. The molecule has 2 nitrogen and oxygen atoms in total. The fourth-order valence-corrected chi connectivity index (χ4v) is 3.43. The van der Waals surface area contributed by atoms with E-state index >= 15 is 0 Å². The summed E-state index contributed by atoms with van der Waals surface area (Å²) in [6.45, 7) is 3.13. The highest BCUT2D eigenvalue weighted by molar-refractivity contribution is 6.17. The van der Waals surface area contributed by atoms with E-state index < -0.39 is 0 Å². The van der Waals surface area contributed by atoms with Crippen LogP contribution in [0.2, 0.25) is 0 Å². The molecule has 124 valence electrons. The van der Waals surface area contributed by atoms with Gasteiger partial charge in [0.25, 0.3) is 0 Å². The second kappa shape index (κ2) is 6.56. The van der Waals surface area contributed by atoms with E-state index in [0.29, 0.717) is 0 Å². The van der Waals surface area contributed by atoms with Gasteiger partial charge in [-0.15, -0.1) is 0 Å². The summed E-state index contributed by atoms with van der Waals surface area (Å²) in [5.74, 6) is 0.0946. The van der Waals surface area contributed by atoms with Gasteiger partial charge in [0.05, 0.1) is 0 Å². The van der Waals surface area contributed by atoms with E-state index in [-0.39, 0.29) is 5.78 Å². The third-order valence-electron chi connectivity index (χ3n) is 4.80. The van der Waals surface area contributed by atoms with Crippen molar-refractivity contribution in [1.82, 2.24) is 4.57 Å². The minimum atomic E-state index is 0.0946. The van der Waals surface area contributed by atoms with Crippen molar-refractivity contribution in [1.29, 1.82) is 0 Å². The predicted molar refractivity (Wildman–Crippen MR) is 104 cm³/mol. The van der Waals surface area contributed by atoms with Crippen LogP contribution in [0, 0.1) is 0 Å². The number of carbonyl (C=O) groups excluding carboxylic acids is 1. The Kier molecular flexibility index (Phi) is 4.10. The van der Waals surface area contributed by atoms with Gasteiger partial charge in [0.15, 0.2) is 5.78 Å². The molecule has 0 bridgehead atoms. The maximum atomic E-state index is 13.2. The molecule has 0 unspecified atom stereocenters. The lowest BCUT2D eigenvalue weighted by molar-refractivity contribution is 0.104. The van der Waals surface area contributed by atoms with Gasteiger partial charge in [-0.3, -0.25) is 4.79 Å². The first-order valence-electron chi connectivity index (χ1n) is 8.89. The molecule has 0 aliphatic heterocycles. The van der Waals surface area contributed by atoms with E-state index in [4.69, 9.17) is 0 Å². The Morgan fingerprint density at radius 2 is 1.68 bits per heavy atom. The van der Waals surface area contributed by atoms with Crippen molar-refractivity contribution in [3.8, 4) is 0 Å². The van der Waals surface area contributed by atoms with Crippen LogP contribution in [-0.2, 0) is 6.54 Å². The number of fused-ring (bicyclic) bond motifs is 2. The van der Waals surface area contributed by atoms with Gasteiger partial charge in [0.2, 0.25) is 0 Å². The zero-order valence-corrected chi connectivity index (χ0v) is 14.4. The van der Waals surface area contributed by atoms with Crippen molar-refractivity contribution in [2.45, 2.75) is 26.3 Å². The largest absolute Gasteiger partial charge is 0.347 e. The van der Waals surface area contributed by atoms with Gasteiger partial charge in [-0.1, -0.05) is 67.9 Å². The number of para-hydroxylation sites is 1. The summed E-state index contributed by atoms with van der Waals surface area (Å²) in [4.78, 5) is 13.2. The van der Waals surface area contributed by atoms with E-state index in [2.05, 4.69) is 29.7 Å². The molecule has 1 heterocycles. The average Bonchev–Trinajstić information content (AvgIpc) is 3.04. The zero-order valence-electron chi connectivity index (χ0n) is 14.4. The molecule has 1 aromatic heterocycles. The normalized spacial score (nSPS) is 11.2. The molecule has 0 aliphatic rings. The smallest absolute Gasteiger partial charge is 0.195 e. The van der Waals surface area contributed by atoms with Gasteiger partial charge in [-0.2, -0.15) is 0 Å². The van der Waals surface area contributed by atoms with Crippen molar-refractivity contribution in [3.63, 3.8) is 0 Å². The van der Waals surface area contributed by atoms with Crippen molar-refractivity contribution < 1.29 is 4.79 Å². The summed E-state index contributed by atoms with van der Waals surface area (Å²) in [6, 6.07) is 22.3. The van der Waals surface area contributed by atoms with Gasteiger partial charge in [-0.05, 0) is 29.3 Å². The summed E-state index contributed by atoms with van der Waals surface area (Å²) in [6.07, 6.45) is 4.28. The van der Waals surface area contributed by atoms with Gasteiger partial charge < -0.3 is 4.57 Å². The standard InChI is InChI=1S/C23H21NO/c1-2-3-14-24-16-21(20-10-6-7-11-22(20)24)23(25)19-13-12-17-8-4-5-9-18(17)15-19/h4-13,15-16H,2-3,14H2,1H3. The highest BCUT2D eigenvalue weighted by atomic mass is 16.1. The number of hydrogen-bond donors (Lipinski definition) is 0. The minimum absolute atomic E-state index is 0.0946. The third-order valence-corrected chi connectivity index (χ3v) is 4.80. The van der Waals surface area contributed by atoms with E-state index in [1.165, 1.54) is 0 Å². The summed E-state index contributed by atoms with van der Waals surface area (Å²) in [7, 11) is 0. The first kappa shape index (κ1) is 15.6. The van der Waals surface area contributed by atoms with Crippen LogP contribution in [0.15, 0.2) is 72.9 Å². The van der Waals surface area contributed by atoms with Gasteiger partial charge in [-0.25, -0.2) is 0 Å². The number of benzene rings is 3. The van der Waals surface area contributed by atoms with Crippen LogP contribution in [0.1, 0.15) is 35.7 Å². The van der Waals surface area contributed by atoms with E-state index in [1.54, 1.807) is 0 Å². The lowest BCUT2D eigenvalue weighted by atomic mass is 10.00. The Hall–Kier alpha value is -2.87. The maximum Gasteiger partial charge on any atom is 0.195 e. The first-order valence-corrected chi connectivity index (χ1v) is 8.89. The van der Waals surface area contributed by atoms with Crippen LogP contribution in [0.3, 0.4) is 0 Å². The zero-order chi connectivity index (χ0) is 17.2. The van der Waals surface area contributed by atoms with Crippen LogP contribution in [-0.4, -0.2) is 10.4 Å². The number of nitrogens with zero attached hydrogens (tertiary/aromatic N) is 1. The summed E-state index contributed by atoms with van der Waals surface area (Å²) >= 11 is 0. The molecule has 0 N–H and O–H groups in total. The molecule has 0 fully saturated rings. The summed E-state index contributed by atoms with van der Waals surface area (Å²) in [5.41, 5.74) is 2.68. The number of hydrogen-bond acceptors (Lipinski definition) is 1. The molecule has 0 saturated carbocycles. The molecule has 0 spiro atoms. The molecule has 0 radical (unpaired) electrons. The maximum absolute atomic E-state index is 13.2. The number of rotatable bonds is 5. The highest BCUT2D eigenvalue weighted by Crippen LogP contribution is 2.25. The molecule has 0 aliphatic carbocycles. The lowest BCUT2D eigenvalue weighted by Gasteiger charge is -2.03. The second-order valence-electron chi connectivity index (χ2n) is 6.50. The number of carbonyl (C=O) groups is 1. The monoisotopic (exact) mass is 327 g/mol. The second-order valence-corrected chi connectivity index (χ2v) is 6.50. The average molecular weight is 327 g/mol. The molecule has 4 rings (SSSR count). The molecule has 0 atom stereocenters. The Morgan fingerprint density at radius 1 is 0.920 bits per heavy atom. The lowest BCUT2D eigenvalue weighted by Crippen LogP contribution is -2.01. The van der Waals surface area contributed by atoms with Crippen LogP contribution in [0.25, 0.3) is 21.7 Å². The van der Waals surface area contributed by atoms with Gasteiger partial charge in [0, 0.05) is 34.8 Å². The van der Waals surface area contributed by atoms with Gasteiger partial charge in [0.1, 0.15) is 0 Å². The fourth-order valence-electron chi connectivity index (χ4n) is 3.43. The van der Waals surface area contributed by atoms with Crippen LogP contribution in [0.4, 0.5) is 0 Å². The molecule has 4 aromatic rings. The quantitative estimate of drug-likeness (QED) is 0.423. The summed E-state index contributed by atoms with van der Waals surface area (Å²) in [5, 5.41) is 3.30. The molecule has 25 heavy (non-hydrogen) atoms. The first-order chi connectivity index (χ1) is 12.3. The highest BCUT2D eigenvalue weighted by Gasteiger charge is 2.16. The van der Waals surface area contributed by atoms with Crippen molar-refractivity contribution >= 4 is 27.5 Å².